The van der Waals surface area contributed by atoms with Crippen molar-refractivity contribution in [1.29, 1.82) is 0 Å². The number of rotatable bonds is 2. The lowest BCUT2D eigenvalue weighted by molar-refractivity contribution is 0.332. The number of anilines is 2. The van der Waals surface area contributed by atoms with Crippen molar-refractivity contribution >= 4 is 38.8 Å². The summed E-state index contributed by atoms with van der Waals surface area (Å²) in [4.78, 5) is 2.49. The first-order valence-corrected chi connectivity index (χ1v) is 15.4. The number of benzene rings is 5. The Bertz CT molecular complexity index is 2180. The van der Waals surface area contributed by atoms with Crippen molar-refractivity contribution in [3.8, 4) is 17.2 Å². The van der Waals surface area contributed by atoms with Crippen LogP contribution in [0.3, 0.4) is 0 Å². The molecule has 3 heteroatoms. The SMILES string of the molecule is C=C1c2ccc(N3c4ccccc4C(C)(C)C4C=CC=CC43)cc2Oc2cc(-n3c4ccccc4c4ccccc43)ccc21. The Balaban J connectivity index is 1.16. The largest absolute Gasteiger partial charge is 0.456 e. The smallest absolute Gasteiger partial charge is 0.137 e. The van der Waals surface area contributed by atoms with Crippen LogP contribution < -0.4 is 9.64 Å². The van der Waals surface area contributed by atoms with Crippen molar-refractivity contribution in [2.75, 3.05) is 4.90 Å². The molecule has 2 unspecified atom stereocenters. The zero-order valence-corrected chi connectivity index (χ0v) is 24.9. The van der Waals surface area contributed by atoms with Crippen LogP contribution in [-0.2, 0) is 5.41 Å². The molecule has 0 radical (unpaired) electrons. The van der Waals surface area contributed by atoms with E-state index in [1.807, 2.05) is 0 Å². The number of aromatic nitrogens is 1. The summed E-state index contributed by atoms with van der Waals surface area (Å²) < 4.78 is 9.11. The van der Waals surface area contributed by atoms with Gasteiger partial charge in [0.1, 0.15) is 11.5 Å². The first kappa shape index (κ1) is 25.2. The van der Waals surface area contributed by atoms with Crippen molar-refractivity contribution in [2.24, 2.45) is 5.92 Å². The van der Waals surface area contributed by atoms with Crippen LogP contribution in [0.25, 0.3) is 33.1 Å². The van der Waals surface area contributed by atoms with Gasteiger partial charge in [0.2, 0.25) is 0 Å². The molecule has 5 aromatic carbocycles. The molecular weight excluding hydrogens is 536 g/mol. The summed E-state index contributed by atoms with van der Waals surface area (Å²) in [7, 11) is 0. The van der Waals surface area contributed by atoms with Gasteiger partial charge < -0.3 is 14.2 Å². The lowest BCUT2D eigenvalue weighted by atomic mass is 9.65. The summed E-state index contributed by atoms with van der Waals surface area (Å²) >= 11 is 0. The molecule has 0 bridgehead atoms. The standard InChI is InChI=1S/C41H32N2O/c1-26-29-22-20-27(42-35-16-8-4-12-31(35)32-13-5-9-17-36(32)42)24-39(29)44-40-25-28(21-23-30(26)40)43-37-18-10-6-14-33(37)41(2,3)34-15-7-11-19-38(34)43/h4-25,33,37H,1H2,2-3H3. The van der Waals surface area contributed by atoms with Gasteiger partial charge in [0.25, 0.3) is 0 Å². The zero-order chi connectivity index (χ0) is 29.6. The first-order chi connectivity index (χ1) is 21.5. The van der Waals surface area contributed by atoms with Gasteiger partial charge in [-0.1, -0.05) is 99.3 Å². The molecule has 0 spiro atoms. The minimum atomic E-state index is 0.0141. The van der Waals surface area contributed by atoms with E-state index in [-0.39, 0.29) is 11.5 Å². The van der Waals surface area contributed by atoms with E-state index < -0.39 is 0 Å². The minimum absolute atomic E-state index is 0.0141. The van der Waals surface area contributed by atoms with Gasteiger partial charge in [-0.15, -0.1) is 0 Å². The highest BCUT2D eigenvalue weighted by Crippen LogP contribution is 2.52. The fraction of sp³-hybridized carbons (Fsp3) is 0.122. The Labute approximate surface area is 257 Å². The molecule has 9 rings (SSSR count). The average Bonchev–Trinajstić information content (AvgIpc) is 3.39. The van der Waals surface area contributed by atoms with E-state index in [1.165, 1.54) is 33.1 Å². The van der Waals surface area contributed by atoms with Crippen LogP contribution in [0, 0.1) is 5.92 Å². The van der Waals surface area contributed by atoms with Crippen molar-refractivity contribution in [2.45, 2.75) is 25.3 Å². The zero-order valence-electron chi connectivity index (χ0n) is 24.9. The fourth-order valence-corrected chi connectivity index (χ4v) is 7.83. The van der Waals surface area contributed by atoms with Gasteiger partial charge in [-0.3, -0.25) is 0 Å². The van der Waals surface area contributed by atoms with Crippen molar-refractivity contribution in [3.05, 3.63) is 157 Å². The molecule has 1 aromatic heterocycles. The Morgan fingerprint density at radius 3 is 1.98 bits per heavy atom. The quantitative estimate of drug-likeness (QED) is 0.206. The molecule has 0 fully saturated rings. The van der Waals surface area contributed by atoms with E-state index in [4.69, 9.17) is 4.74 Å². The van der Waals surface area contributed by atoms with Crippen LogP contribution in [0.2, 0.25) is 0 Å². The summed E-state index contributed by atoms with van der Waals surface area (Å²) in [6, 6.07) is 39.4. The van der Waals surface area contributed by atoms with E-state index >= 15 is 0 Å². The molecule has 0 N–H and O–H groups in total. The number of fused-ring (bicyclic) bond motifs is 7. The Morgan fingerprint density at radius 2 is 1.25 bits per heavy atom. The first-order valence-electron chi connectivity index (χ1n) is 15.4. The maximum Gasteiger partial charge on any atom is 0.137 e. The van der Waals surface area contributed by atoms with E-state index in [1.54, 1.807) is 0 Å². The average molecular weight is 569 g/mol. The number of allylic oxidation sites excluding steroid dienone is 2. The molecule has 0 saturated heterocycles. The Kier molecular flexibility index (Phi) is 5.23. The van der Waals surface area contributed by atoms with E-state index in [0.717, 1.165) is 39.6 Å². The van der Waals surface area contributed by atoms with Gasteiger partial charge in [0, 0.05) is 62.4 Å². The molecule has 0 saturated carbocycles. The molecule has 3 heterocycles. The van der Waals surface area contributed by atoms with Crippen LogP contribution in [0.15, 0.2) is 140 Å². The third kappa shape index (κ3) is 3.44. The van der Waals surface area contributed by atoms with Crippen molar-refractivity contribution in [3.63, 3.8) is 0 Å². The number of hydrogen-bond donors (Lipinski definition) is 0. The molecule has 2 atom stereocenters. The Morgan fingerprint density at radius 1 is 0.659 bits per heavy atom. The van der Waals surface area contributed by atoms with Crippen LogP contribution >= 0.6 is 0 Å². The second-order valence-electron chi connectivity index (χ2n) is 12.7. The maximum absolute atomic E-state index is 6.77. The molecule has 2 aliphatic heterocycles. The summed E-state index contributed by atoms with van der Waals surface area (Å²) in [5.41, 5.74) is 10.2. The molecule has 6 aromatic rings. The fourth-order valence-electron chi connectivity index (χ4n) is 7.83. The Hall–Kier alpha value is -5.28. The number of para-hydroxylation sites is 3. The molecule has 1 aliphatic carbocycles. The monoisotopic (exact) mass is 568 g/mol. The molecular formula is C41H32N2O. The van der Waals surface area contributed by atoms with Crippen LogP contribution in [0.4, 0.5) is 11.4 Å². The third-order valence-corrected chi connectivity index (χ3v) is 10.0. The summed E-state index contributed by atoms with van der Waals surface area (Å²) in [5, 5.41) is 2.49. The van der Waals surface area contributed by atoms with Crippen LogP contribution in [-0.4, -0.2) is 10.6 Å². The normalized spacial score (nSPS) is 19.3. The number of nitrogens with zero attached hydrogens (tertiary/aromatic N) is 2. The number of hydrogen-bond acceptors (Lipinski definition) is 2. The van der Waals surface area contributed by atoms with Crippen molar-refractivity contribution in [1.82, 2.24) is 4.57 Å². The van der Waals surface area contributed by atoms with Gasteiger partial charge in [-0.05, 0) is 53.6 Å². The minimum Gasteiger partial charge on any atom is -0.456 e. The van der Waals surface area contributed by atoms with Gasteiger partial charge in [0.15, 0.2) is 0 Å². The maximum atomic E-state index is 6.77. The highest BCUT2D eigenvalue weighted by atomic mass is 16.5. The molecule has 3 nitrogen and oxygen atoms in total. The lowest BCUT2D eigenvalue weighted by Gasteiger charge is -2.50. The van der Waals surface area contributed by atoms with Gasteiger partial charge in [0.05, 0.1) is 17.1 Å². The molecule has 0 amide bonds. The predicted octanol–water partition coefficient (Wildman–Crippen LogP) is 10.5. The molecule has 3 aliphatic rings. The topological polar surface area (TPSA) is 17.4 Å². The second kappa shape index (κ2) is 9.11. The van der Waals surface area contributed by atoms with E-state index in [9.17, 15) is 0 Å². The third-order valence-electron chi connectivity index (χ3n) is 10.0. The summed E-state index contributed by atoms with van der Waals surface area (Å²) in [5.74, 6) is 2.02. The van der Waals surface area contributed by atoms with Crippen LogP contribution in [0.5, 0.6) is 11.5 Å². The van der Waals surface area contributed by atoms with E-state index in [2.05, 4.69) is 163 Å². The summed E-state index contributed by atoms with van der Waals surface area (Å²) in [6.45, 7) is 9.27. The second-order valence-corrected chi connectivity index (χ2v) is 12.7. The molecule has 212 valence electrons. The highest BCUT2D eigenvalue weighted by Gasteiger charge is 2.45. The van der Waals surface area contributed by atoms with Crippen LogP contribution in [0.1, 0.15) is 30.5 Å². The van der Waals surface area contributed by atoms with Gasteiger partial charge in [-0.2, -0.15) is 0 Å². The molecule has 44 heavy (non-hydrogen) atoms. The van der Waals surface area contributed by atoms with Gasteiger partial charge in [-0.25, -0.2) is 0 Å². The van der Waals surface area contributed by atoms with Crippen molar-refractivity contribution < 1.29 is 4.74 Å². The lowest BCUT2D eigenvalue weighted by Crippen LogP contribution is -2.49. The van der Waals surface area contributed by atoms with E-state index in [0.29, 0.717) is 5.92 Å². The van der Waals surface area contributed by atoms with Gasteiger partial charge >= 0.3 is 0 Å². The highest BCUT2D eigenvalue weighted by molar-refractivity contribution is 6.09. The summed E-state index contributed by atoms with van der Waals surface area (Å²) in [6.07, 6.45) is 9.09. The predicted molar refractivity (Wildman–Crippen MR) is 183 cm³/mol. The number of ether oxygens (including phenoxy) is 1.